The number of aliphatic carboxylic acids is 1. The maximum Gasteiger partial charge on any atom is 0.329 e. The summed E-state index contributed by atoms with van der Waals surface area (Å²) in [6, 6.07) is 5.17. The Labute approximate surface area is 117 Å². The Hall–Kier alpha value is -2.24. The van der Waals surface area contributed by atoms with Crippen LogP contribution in [0.25, 0.3) is 0 Å². The van der Waals surface area contributed by atoms with Crippen LogP contribution in [-0.2, 0) is 4.79 Å². The van der Waals surface area contributed by atoms with Crippen LogP contribution >= 0.6 is 0 Å². The third kappa shape index (κ3) is 2.41. The summed E-state index contributed by atoms with van der Waals surface area (Å²) in [7, 11) is 3.30. The van der Waals surface area contributed by atoms with E-state index in [4.69, 9.17) is 0 Å². The standard InChI is InChI=1S/C14H19N3O3/c1-15-11-8-9(4-5-10(11)12(18)16-2)17-14(13(19)20)6-3-7-14/h4-5,8,15,17H,3,6-7H2,1-2H3,(H,16,18)(H,19,20). The van der Waals surface area contributed by atoms with Crippen LogP contribution < -0.4 is 16.0 Å². The highest BCUT2D eigenvalue weighted by atomic mass is 16.4. The van der Waals surface area contributed by atoms with Gasteiger partial charge in [-0.1, -0.05) is 0 Å². The molecule has 4 N–H and O–H groups in total. The van der Waals surface area contributed by atoms with Gasteiger partial charge in [0, 0.05) is 25.5 Å². The molecule has 0 heterocycles. The molecular weight excluding hydrogens is 258 g/mol. The summed E-state index contributed by atoms with van der Waals surface area (Å²) in [6.07, 6.45) is 2.15. The van der Waals surface area contributed by atoms with Crippen LogP contribution in [0.3, 0.4) is 0 Å². The number of carboxylic acid groups (broad SMARTS) is 1. The minimum Gasteiger partial charge on any atom is -0.480 e. The minimum atomic E-state index is -0.862. The molecule has 1 aliphatic rings. The lowest BCUT2D eigenvalue weighted by molar-refractivity contribution is -0.145. The van der Waals surface area contributed by atoms with E-state index in [1.165, 1.54) is 0 Å². The molecule has 1 aromatic rings. The topological polar surface area (TPSA) is 90.5 Å². The van der Waals surface area contributed by atoms with Gasteiger partial charge in [0.25, 0.3) is 5.91 Å². The molecule has 6 nitrogen and oxygen atoms in total. The summed E-state index contributed by atoms with van der Waals surface area (Å²) in [5, 5.41) is 17.9. The molecular formula is C14H19N3O3. The van der Waals surface area contributed by atoms with Crippen molar-refractivity contribution in [2.45, 2.75) is 24.8 Å². The summed E-state index contributed by atoms with van der Waals surface area (Å²) < 4.78 is 0. The lowest BCUT2D eigenvalue weighted by atomic mass is 9.76. The number of anilines is 2. The van der Waals surface area contributed by atoms with Gasteiger partial charge in [-0.2, -0.15) is 0 Å². The number of rotatable bonds is 5. The van der Waals surface area contributed by atoms with Gasteiger partial charge in [0.15, 0.2) is 0 Å². The molecule has 20 heavy (non-hydrogen) atoms. The van der Waals surface area contributed by atoms with E-state index in [2.05, 4.69) is 16.0 Å². The maximum absolute atomic E-state index is 11.7. The molecule has 0 atom stereocenters. The van der Waals surface area contributed by atoms with E-state index in [9.17, 15) is 14.7 Å². The summed E-state index contributed by atoms with van der Waals surface area (Å²) in [5.41, 5.74) is 1.02. The number of hydrogen-bond donors (Lipinski definition) is 4. The van der Waals surface area contributed by atoms with Crippen LogP contribution in [0.2, 0.25) is 0 Å². The number of carboxylic acids is 1. The van der Waals surface area contributed by atoms with Gasteiger partial charge in [-0.3, -0.25) is 4.79 Å². The highest BCUT2D eigenvalue weighted by molar-refractivity contribution is 6.00. The predicted octanol–water partition coefficient (Wildman–Crippen LogP) is 1.51. The zero-order valence-electron chi connectivity index (χ0n) is 11.6. The van der Waals surface area contributed by atoms with Crippen molar-refractivity contribution in [3.05, 3.63) is 23.8 Å². The van der Waals surface area contributed by atoms with Crippen LogP contribution in [0.5, 0.6) is 0 Å². The Bertz CT molecular complexity index is 538. The lowest BCUT2D eigenvalue weighted by Gasteiger charge is -2.39. The predicted molar refractivity (Wildman–Crippen MR) is 77.2 cm³/mol. The third-order valence-corrected chi connectivity index (χ3v) is 3.76. The molecule has 6 heteroatoms. The average Bonchev–Trinajstić information content (AvgIpc) is 2.41. The molecule has 1 saturated carbocycles. The van der Waals surface area contributed by atoms with Crippen LogP contribution in [0, 0.1) is 0 Å². The molecule has 0 aromatic heterocycles. The first-order valence-electron chi connectivity index (χ1n) is 6.58. The maximum atomic E-state index is 11.7. The normalized spacial score (nSPS) is 15.9. The van der Waals surface area contributed by atoms with Gasteiger partial charge in [0.1, 0.15) is 5.54 Å². The van der Waals surface area contributed by atoms with Crippen molar-refractivity contribution >= 4 is 23.3 Å². The lowest BCUT2D eigenvalue weighted by Crippen LogP contribution is -2.52. The van der Waals surface area contributed by atoms with Crippen molar-refractivity contribution in [3.63, 3.8) is 0 Å². The van der Waals surface area contributed by atoms with Crippen molar-refractivity contribution in [1.82, 2.24) is 5.32 Å². The second-order valence-corrected chi connectivity index (χ2v) is 4.96. The van der Waals surface area contributed by atoms with E-state index in [1.54, 1.807) is 32.3 Å². The largest absolute Gasteiger partial charge is 0.480 e. The van der Waals surface area contributed by atoms with Gasteiger partial charge in [-0.05, 0) is 37.5 Å². The third-order valence-electron chi connectivity index (χ3n) is 3.76. The highest BCUT2D eigenvalue weighted by Crippen LogP contribution is 2.36. The zero-order chi connectivity index (χ0) is 14.8. The summed E-state index contributed by atoms with van der Waals surface area (Å²) >= 11 is 0. The number of amides is 1. The molecule has 1 amide bonds. The minimum absolute atomic E-state index is 0.183. The monoisotopic (exact) mass is 277 g/mol. The number of nitrogens with one attached hydrogen (secondary N) is 3. The van der Waals surface area contributed by atoms with Gasteiger partial charge in [-0.25, -0.2) is 4.79 Å². The molecule has 0 unspecified atom stereocenters. The van der Waals surface area contributed by atoms with Crippen molar-refractivity contribution in [2.75, 3.05) is 24.7 Å². The second-order valence-electron chi connectivity index (χ2n) is 4.96. The van der Waals surface area contributed by atoms with Gasteiger partial charge in [0.2, 0.25) is 0 Å². The fourth-order valence-corrected chi connectivity index (χ4v) is 2.36. The van der Waals surface area contributed by atoms with E-state index in [0.717, 1.165) is 6.42 Å². The first-order valence-corrected chi connectivity index (χ1v) is 6.58. The fraction of sp³-hybridized carbons (Fsp3) is 0.429. The molecule has 1 fully saturated rings. The Morgan fingerprint density at radius 3 is 2.40 bits per heavy atom. The van der Waals surface area contributed by atoms with Gasteiger partial charge >= 0.3 is 5.97 Å². The molecule has 2 rings (SSSR count). The van der Waals surface area contributed by atoms with E-state index >= 15 is 0 Å². The number of hydrogen-bond acceptors (Lipinski definition) is 4. The average molecular weight is 277 g/mol. The smallest absolute Gasteiger partial charge is 0.329 e. The van der Waals surface area contributed by atoms with Crippen LogP contribution in [0.15, 0.2) is 18.2 Å². The number of carbonyl (C=O) groups excluding carboxylic acids is 1. The Morgan fingerprint density at radius 1 is 1.25 bits per heavy atom. The number of carbonyl (C=O) groups is 2. The Morgan fingerprint density at radius 2 is 1.95 bits per heavy atom. The van der Waals surface area contributed by atoms with Crippen molar-refractivity contribution in [3.8, 4) is 0 Å². The number of benzene rings is 1. The van der Waals surface area contributed by atoms with Crippen molar-refractivity contribution in [2.24, 2.45) is 0 Å². The quantitative estimate of drug-likeness (QED) is 0.655. The highest BCUT2D eigenvalue weighted by Gasteiger charge is 2.44. The first kappa shape index (κ1) is 14.2. The second kappa shape index (κ2) is 5.40. The SMILES string of the molecule is CNC(=O)c1ccc(NC2(C(=O)O)CCC2)cc1NC. The molecule has 1 aliphatic carbocycles. The zero-order valence-corrected chi connectivity index (χ0v) is 11.6. The molecule has 0 radical (unpaired) electrons. The first-order chi connectivity index (χ1) is 9.52. The Balaban J connectivity index is 2.26. The van der Waals surface area contributed by atoms with E-state index in [-0.39, 0.29) is 5.91 Å². The van der Waals surface area contributed by atoms with E-state index < -0.39 is 11.5 Å². The summed E-state index contributed by atoms with van der Waals surface area (Å²) in [4.78, 5) is 23.0. The van der Waals surface area contributed by atoms with E-state index in [0.29, 0.717) is 29.8 Å². The molecule has 0 bridgehead atoms. The molecule has 1 aromatic carbocycles. The van der Waals surface area contributed by atoms with Gasteiger partial charge in [-0.15, -0.1) is 0 Å². The summed E-state index contributed by atoms with van der Waals surface area (Å²) in [5.74, 6) is -1.01. The molecule has 108 valence electrons. The summed E-state index contributed by atoms with van der Waals surface area (Å²) in [6.45, 7) is 0. The van der Waals surface area contributed by atoms with Crippen LogP contribution in [0.4, 0.5) is 11.4 Å². The van der Waals surface area contributed by atoms with Crippen molar-refractivity contribution in [1.29, 1.82) is 0 Å². The van der Waals surface area contributed by atoms with Crippen molar-refractivity contribution < 1.29 is 14.7 Å². The van der Waals surface area contributed by atoms with E-state index in [1.807, 2.05) is 0 Å². The Kier molecular flexibility index (Phi) is 3.83. The van der Waals surface area contributed by atoms with Gasteiger partial charge in [0.05, 0.1) is 5.56 Å². The van der Waals surface area contributed by atoms with Gasteiger partial charge < -0.3 is 21.1 Å². The van der Waals surface area contributed by atoms with Crippen LogP contribution in [-0.4, -0.2) is 36.6 Å². The molecule has 0 aliphatic heterocycles. The molecule has 0 saturated heterocycles. The van der Waals surface area contributed by atoms with Crippen LogP contribution in [0.1, 0.15) is 29.6 Å². The molecule has 0 spiro atoms. The fourth-order valence-electron chi connectivity index (χ4n) is 2.36.